The maximum Gasteiger partial charge on any atom is 0.255 e. The number of hydrogen-bond donors (Lipinski definition) is 1. The van der Waals surface area contributed by atoms with Gasteiger partial charge in [0.1, 0.15) is 11.5 Å². The van der Waals surface area contributed by atoms with Crippen LogP contribution in [0.1, 0.15) is 21.5 Å². The molecule has 0 saturated heterocycles. The van der Waals surface area contributed by atoms with Crippen molar-refractivity contribution in [2.45, 2.75) is 6.92 Å². The number of hydrogen-bond acceptors (Lipinski definition) is 4. The van der Waals surface area contributed by atoms with Gasteiger partial charge in [0.25, 0.3) is 5.91 Å². The molecule has 0 radical (unpaired) electrons. The van der Waals surface area contributed by atoms with Crippen LogP contribution in [-0.2, 0) is 4.79 Å². The fourth-order valence-corrected chi connectivity index (χ4v) is 3.00. The number of nitrogens with two attached hydrogens (primary N) is 1. The number of carbonyl (C=O) groups excluding carboxylic acids is 2. The van der Waals surface area contributed by atoms with Crippen molar-refractivity contribution in [1.29, 1.82) is 0 Å². The van der Waals surface area contributed by atoms with Gasteiger partial charge < -0.3 is 15.2 Å². The number of primary amides is 1. The van der Waals surface area contributed by atoms with Crippen LogP contribution in [0.4, 0.5) is 0 Å². The third-order valence-corrected chi connectivity index (χ3v) is 4.26. The molecule has 1 amide bonds. The number of ether oxygens (including phenoxy) is 2. The Kier molecular flexibility index (Phi) is 4.70. The third kappa shape index (κ3) is 3.48. The second-order valence-electron chi connectivity index (χ2n) is 5.44. The standard InChI is InChI=1S/C18H13Cl2NO4/c1-9-5-10(24-8-16(21)22)6-14-17(9)18(23)15(25-14)7-11-12(19)3-2-4-13(11)20/h2-7H,8H2,1H3,(H2,21,22)/b15-7-. The molecular formula is C18H13Cl2NO4. The van der Waals surface area contributed by atoms with Crippen molar-refractivity contribution in [2.75, 3.05) is 6.61 Å². The van der Waals surface area contributed by atoms with Crippen molar-refractivity contribution in [1.82, 2.24) is 0 Å². The monoisotopic (exact) mass is 377 g/mol. The number of fused-ring (bicyclic) bond motifs is 1. The normalized spacial score (nSPS) is 14.4. The average Bonchev–Trinajstić information content (AvgIpc) is 2.85. The van der Waals surface area contributed by atoms with Gasteiger partial charge in [-0.2, -0.15) is 0 Å². The van der Waals surface area contributed by atoms with Crippen LogP contribution >= 0.6 is 23.2 Å². The van der Waals surface area contributed by atoms with Crippen LogP contribution < -0.4 is 15.2 Å². The highest BCUT2D eigenvalue weighted by atomic mass is 35.5. The third-order valence-electron chi connectivity index (χ3n) is 3.60. The summed E-state index contributed by atoms with van der Waals surface area (Å²) in [7, 11) is 0. The second kappa shape index (κ2) is 6.78. The first-order valence-electron chi connectivity index (χ1n) is 7.31. The summed E-state index contributed by atoms with van der Waals surface area (Å²) in [6.45, 7) is 1.49. The molecule has 0 atom stereocenters. The Balaban J connectivity index is 1.97. The van der Waals surface area contributed by atoms with E-state index < -0.39 is 5.91 Å². The fourth-order valence-electron chi connectivity index (χ4n) is 2.49. The molecule has 2 aromatic rings. The van der Waals surface area contributed by atoms with Crippen LogP contribution in [0.2, 0.25) is 10.0 Å². The topological polar surface area (TPSA) is 78.6 Å². The van der Waals surface area contributed by atoms with Gasteiger partial charge in [-0.15, -0.1) is 0 Å². The molecule has 1 heterocycles. The predicted molar refractivity (Wildman–Crippen MR) is 95.3 cm³/mol. The fraction of sp³-hybridized carbons (Fsp3) is 0.111. The summed E-state index contributed by atoms with van der Waals surface area (Å²) in [6, 6.07) is 8.25. The molecule has 0 aliphatic carbocycles. The maximum absolute atomic E-state index is 12.6. The first-order valence-corrected chi connectivity index (χ1v) is 8.06. The van der Waals surface area contributed by atoms with E-state index in [4.69, 9.17) is 38.4 Å². The predicted octanol–water partition coefficient (Wildman–Crippen LogP) is 3.78. The number of allylic oxidation sites excluding steroid dienone is 1. The zero-order chi connectivity index (χ0) is 18.1. The van der Waals surface area contributed by atoms with E-state index in [1.807, 2.05) is 0 Å². The van der Waals surface area contributed by atoms with E-state index >= 15 is 0 Å². The highest BCUT2D eigenvalue weighted by molar-refractivity contribution is 6.37. The Morgan fingerprint density at radius 3 is 2.60 bits per heavy atom. The van der Waals surface area contributed by atoms with E-state index in [0.717, 1.165) is 0 Å². The van der Waals surface area contributed by atoms with Crippen LogP contribution in [0.5, 0.6) is 11.5 Å². The quantitative estimate of drug-likeness (QED) is 0.822. The highest BCUT2D eigenvalue weighted by Gasteiger charge is 2.30. The molecule has 1 aliphatic heterocycles. The first kappa shape index (κ1) is 17.3. The van der Waals surface area contributed by atoms with Gasteiger partial charge >= 0.3 is 0 Å². The SMILES string of the molecule is Cc1cc(OCC(N)=O)cc2c1C(=O)/C(=C/c1c(Cl)cccc1Cl)O2. The van der Waals surface area contributed by atoms with Gasteiger partial charge in [-0.1, -0.05) is 29.3 Å². The molecular weight excluding hydrogens is 365 g/mol. The van der Waals surface area contributed by atoms with E-state index in [9.17, 15) is 9.59 Å². The number of halogens is 2. The molecule has 0 saturated carbocycles. The van der Waals surface area contributed by atoms with Gasteiger partial charge in [0.15, 0.2) is 12.4 Å². The van der Waals surface area contributed by atoms with Crippen molar-refractivity contribution in [2.24, 2.45) is 5.73 Å². The smallest absolute Gasteiger partial charge is 0.255 e. The molecule has 0 unspecified atom stereocenters. The first-order chi connectivity index (χ1) is 11.9. The zero-order valence-electron chi connectivity index (χ0n) is 13.1. The van der Waals surface area contributed by atoms with E-state index in [-0.39, 0.29) is 18.1 Å². The van der Waals surface area contributed by atoms with Gasteiger partial charge in [-0.05, 0) is 36.8 Å². The van der Waals surface area contributed by atoms with Crippen LogP contribution in [0.25, 0.3) is 6.08 Å². The van der Waals surface area contributed by atoms with E-state index in [0.29, 0.717) is 38.2 Å². The number of carbonyl (C=O) groups is 2. The van der Waals surface area contributed by atoms with E-state index in [1.165, 1.54) is 12.1 Å². The summed E-state index contributed by atoms with van der Waals surface area (Å²) in [4.78, 5) is 23.5. The minimum Gasteiger partial charge on any atom is -0.484 e. The number of aryl methyl sites for hydroxylation is 1. The average molecular weight is 378 g/mol. The van der Waals surface area contributed by atoms with Gasteiger partial charge in [-0.25, -0.2) is 0 Å². The van der Waals surface area contributed by atoms with Crippen LogP contribution in [-0.4, -0.2) is 18.3 Å². The molecule has 128 valence electrons. The molecule has 0 bridgehead atoms. The Labute approximate surface area is 153 Å². The lowest BCUT2D eigenvalue weighted by Crippen LogP contribution is -2.20. The molecule has 1 aliphatic rings. The molecule has 0 aromatic heterocycles. The Bertz CT molecular complexity index is 901. The Morgan fingerprint density at radius 1 is 1.28 bits per heavy atom. The molecule has 2 aromatic carbocycles. The molecule has 0 spiro atoms. The molecule has 0 fully saturated rings. The summed E-state index contributed by atoms with van der Waals surface area (Å²) >= 11 is 12.3. The van der Waals surface area contributed by atoms with Gasteiger partial charge in [0.05, 0.1) is 5.56 Å². The van der Waals surface area contributed by atoms with Crippen molar-refractivity contribution in [3.8, 4) is 11.5 Å². The summed E-state index contributed by atoms with van der Waals surface area (Å²) in [5.74, 6) is -0.0204. The van der Waals surface area contributed by atoms with Crippen molar-refractivity contribution < 1.29 is 19.1 Å². The van der Waals surface area contributed by atoms with E-state index in [2.05, 4.69) is 0 Å². The lowest BCUT2D eigenvalue weighted by Gasteiger charge is -2.07. The summed E-state index contributed by atoms with van der Waals surface area (Å²) in [6.07, 6.45) is 1.51. The number of rotatable bonds is 4. The lowest BCUT2D eigenvalue weighted by atomic mass is 10.0. The Hall–Kier alpha value is -2.50. The van der Waals surface area contributed by atoms with Crippen LogP contribution in [0, 0.1) is 6.92 Å². The molecule has 2 N–H and O–H groups in total. The van der Waals surface area contributed by atoms with Crippen molar-refractivity contribution >= 4 is 41.0 Å². The summed E-state index contributed by atoms with van der Waals surface area (Å²) in [5, 5.41) is 0.823. The number of Topliss-reactive ketones (excluding diaryl/α,β-unsaturated/α-hetero) is 1. The molecule has 3 rings (SSSR count). The molecule has 7 heteroatoms. The number of ketones is 1. The lowest BCUT2D eigenvalue weighted by molar-refractivity contribution is -0.119. The van der Waals surface area contributed by atoms with Gasteiger partial charge in [0, 0.05) is 21.7 Å². The van der Waals surface area contributed by atoms with E-state index in [1.54, 1.807) is 31.2 Å². The van der Waals surface area contributed by atoms with Gasteiger partial charge in [0.2, 0.25) is 5.78 Å². The van der Waals surface area contributed by atoms with Crippen molar-refractivity contribution in [3.63, 3.8) is 0 Å². The number of benzene rings is 2. The van der Waals surface area contributed by atoms with Crippen LogP contribution in [0.3, 0.4) is 0 Å². The maximum atomic E-state index is 12.6. The number of amides is 1. The van der Waals surface area contributed by atoms with Crippen molar-refractivity contribution in [3.05, 3.63) is 62.8 Å². The summed E-state index contributed by atoms with van der Waals surface area (Å²) in [5.41, 5.74) is 6.66. The summed E-state index contributed by atoms with van der Waals surface area (Å²) < 4.78 is 10.9. The second-order valence-corrected chi connectivity index (χ2v) is 6.26. The Morgan fingerprint density at radius 2 is 1.96 bits per heavy atom. The highest BCUT2D eigenvalue weighted by Crippen LogP contribution is 2.38. The minimum absolute atomic E-state index is 0.111. The van der Waals surface area contributed by atoms with Gasteiger partial charge in [-0.3, -0.25) is 9.59 Å². The van der Waals surface area contributed by atoms with Crippen LogP contribution in [0.15, 0.2) is 36.1 Å². The molecule has 25 heavy (non-hydrogen) atoms. The zero-order valence-corrected chi connectivity index (χ0v) is 14.6. The minimum atomic E-state index is -0.593. The molecule has 5 nitrogen and oxygen atoms in total. The largest absolute Gasteiger partial charge is 0.484 e.